The number of hydrogen-bond donors (Lipinski definition) is 1. The first-order valence-electron chi connectivity index (χ1n) is 8.11. The van der Waals surface area contributed by atoms with Gasteiger partial charge < -0.3 is 5.32 Å². The quantitative estimate of drug-likeness (QED) is 0.745. The van der Waals surface area contributed by atoms with Crippen LogP contribution in [-0.2, 0) is 12.8 Å². The summed E-state index contributed by atoms with van der Waals surface area (Å²) in [6, 6.07) is 22.6. The van der Waals surface area contributed by atoms with Crippen LogP contribution in [0.4, 0.5) is 0 Å². The van der Waals surface area contributed by atoms with Crippen molar-refractivity contribution in [1.29, 1.82) is 0 Å². The molecule has 2 heteroatoms. The summed E-state index contributed by atoms with van der Waals surface area (Å²) in [7, 11) is 0. The van der Waals surface area contributed by atoms with Crippen molar-refractivity contribution in [2.45, 2.75) is 19.8 Å². The molecule has 1 amide bonds. The van der Waals surface area contributed by atoms with Crippen LogP contribution in [0.3, 0.4) is 0 Å². The zero-order valence-corrected chi connectivity index (χ0v) is 13.4. The molecular formula is C21H21NO. The maximum absolute atomic E-state index is 12.3. The molecule has 0 atom stereocenters. The highest BCUT2D eigenvalue weighted by atomic mass is 16.1. The predicted molar refractivity (Wildman–Crippen MR) is 95.8 cm³/mol. The topological polar surface area (TPSA) is 29.1 Å². The van der Waals surface area contributed by atoms with Gasteiger partial charge in [0.25, 0.3) is 5.91 Å². The molecule has 0 spiro atoms. The first kappa shape index (κ1) is 15.3. The fourth-order valence-corrected chi connectivity index (χ4v) is 2.86. The number of carbonyl (C=O) groups excluding carboxylic acids is 1. The van der Waals surface area contributed by atoms with Crippen molar-refractivity contribution in [3.05, 3.63) is 83.4 Å². The molecule has 0 radical (unpaired) electrons. The summed E-state index contributed by atoms with van der Waals surface area (Å²) in [5, 5.41) is 5.52. The smallest absolute Gasteiger partial charge is 0.251 e. The fourth-order valence-electron chi connectivity index (χ4n) is 2.86. The van der Waals surface area contributed by atoms with Crippen molar-refractivity contribution in [2.75, 3.05) is 6.54 Å². The van der Waals surface area contributed by atoms with Crippen molar-refractivity contribution >= 4 is 16.7 Å². The Hall–Kier alpha value is -2.61. The number of carbonyl (C=O) groups is 1. The summed E-state index contributed by atoms with van der Waals surface area (Å²) in [5.74, 6) is 0.0169. The second-order valence-electron chi connectivity index (χ2n) is 5.70. The van der Waals surface area contributed by atoms with Crippen molar-refractivity contribution in [3.63, 3.8) is 0 Å². The van der Waals surface area contributed by atoms with E-state index >= 15 is 0 Å². The molecule has 23 heavy (non-hydrogen) atoms. The Morgan fingerprint density at radius 3 is 2.48 bits per heavy atom. The number of hydrogen-bond acceptors (Lipinski definition) is 1. The Bertz CT molecular complexity index is 823. The molecule has 0 saturated heterocycles. The second kappa shape index (κ2) is 7.10. The number of amides is 1. The van der Waals surface area contributed by atoms with E-state index in [2.05, 4.69) is 48.6 Å². The normalized spacial score (nSPS) is 10.7. The number of aryl methyl sites for hydroxylation is 1. The first-order valence-corrected chi connectivity index (χ1v) is 8.11. The molecule has 0 aliphatic carbocycles. The van der Waals surface area contributed by atoms with Gasteiger partial charge >= 0.3 is 0 Å². The molecule has 0 bridgehead atoms. The van der Waals surface area contributed by atoms with Gasteiger partial charge in [0, 0.05) is 12.1 Å². The number of fused-ring (bicyclic) bond motifs is 1. The van der Waals surface area contributed by atoms with Gasteiger partial charge in [0.15, 0.2) is 0 Å². The van der Waals surface area contributed by atoms with Gasteiger partial charge in [-0.15, -0.1) is 0 Å². The van der Waals surface area contributed by atoms with Gasteiger partial charge in [0.05, 0.1) is 0 Å². The van der Waals surface area contributed by atoms with Gasteiger partial charge in [0.1, 0.15) is 0 Å². The average molecular weight is 303 g/mol. The zero-order valence-electron chi connectivity index (χ0n) is 13.4. The van der Waals surface area contributed by atoms with E-state index in [1.54, 1.807) is 0 Å². The molecule has 0 aromatic heterocycles. The Morgan fingerprint density at radius 1 is 0.913 bits per heavy atom. The van der Waals surface area contributed by atoms with Gasteiger partial charge in [-0.25, -0.2) is 0 Å². The molecule has 0 aliphatic heterocycles. The first-order chi connectivity index (χ1) is 11.3. The molecule has 0 heterocycles. The highest BCUT2D eigenvalue weighted by Gasteiger charge is 2.08. The van der Waals surface area contributed by atoms with Gasteiger partial charge in [-0.3, -0.25) is 4.79 Å². The van der Waals surface area contributed by atoms with E-state index in [-0.39, 0.29) is 5.91 Å². The minimum atomic E-state index is 0.0169. The average Bonchev–Trinajstić information content (AvgIpc) is 2.61. The lowest BCUT2D eigenvalue weighted by Gasteiger charge is -2.09. The maximum Gasteiger partial charge on any atom is 0.251 e. The molecule has 3 aromatic rings. The van der Waals surface area contributed by atoms with Crippen LogP contribution in [0, 0.1) is 0 Å². The Morgan fingerprint density at radius 2 is 1.65 bits per heavy atom. The van der Waals surface area contributed by atoms with Gasteiger partial charge in [-0.2, -0.15) is 0 Å². The van der Waals surface area contributed by atoms with Crippen LogP contribution in [0.15, 0.2) is 66.7 Å². The maximum atomic E-state index is 12.3. The third-order valence-electron chi connectivity index (χ3n) is 4.16. The molecule has 0 saturated carbocycles. The number of rotatable bonds is 5. The van der Waals surface area contributed by atoms with Crippen LogP contribution < -0.4 is 5.32 Å². The Kier molecular flexibility index (Phi) is 4.72. The summed E-state index contributed by atoms with van der Waals surface area (Å²) < 4.78 is 0. The van der Waals surface area contributed by atoms with Crippen LogP contribution in [-0.4, -0.2) is 12.5 Å². The van der Waals surface area contributed by atoms with Crippen molar-refractivity contribution in [1.82, 2.24) is 5.32 Å². The Balaban J connectivity index is 1.63. The van der Waals surface area contributed by atoms with Gasteiger partial charge in [-0.1, -0.05) is 67.6 Å². The minimum absolute atomic E-state index is 0.0169. The van der Waals surface area contributed by atoms with E-state index in [0.29, 0.717) is 6.54 Å². The van der Waals surface area contributed by atoms with Crippen LogP contribution in [0.1, 0.15) is 28.4 Å². The van der Waals surface area contributed by atoms with Gasteiger partial charge in [0.2, 0.25) is 0 Å². The molecule has 116 valence electrons. The molecule has 1 N–H and O–H groups in total. The fraction of sp³-hybridized carbons (Fsp3) is 0.190. The van der Waals surface area contributed by atoms with Crippen LogP contribution >= 0.6 is 0 Å². The van der Waals surface area contributed by atoms with Crippen LogP contribution in [0.2, 0.25) is 0 Å². The lowest BCUT2D eigenvalue weighted by atomic mass is 10.0. The van der Waals surface area contributed by atoms with E-state index < -0.39 is 0 Å². The number of benzene rings is 3. The van der Waals surface area contributed by atoms with Crippen molar-refractivity contribution in [2.24, 2.45) is 0 Å². The zero-order chi connectivity index (χ0) is 16.1. The lowest BCUT2D eigenvalue weighted by molar-refractivity contribution is 0.0953. The monoisotopic (exact) mass is 303 g/mol. The molecule has 0 fully saturated rings. The number of nitrogens with one attached hydrogen (secondary N) is 1. The lowest BCUT2D eigenvalue weighted by Crippen LogP contribution is -2.26. The minimum Gasteiger partial charge on any atom is -0.352 e. The molecule has 3 aromatic carbocycles. The summed E-state index contributed by atoms with van der Waals surface area (Å²) in [6.07, 6.45) is 1.71. The van der Waals surface area contributed by atoms with E-state index in [0.717, 1.165) is 24.0 Å². The van der Waals surface area contributed by atoms with Crippen molar-refractivity contribution in [3.8, 4) is 0 Å². The van der Waals surface area contributed by atoms with E-state index in [4.69, 9.17) is 0 Å². The third-order valence-corrected chi connectivity index (χ3v) is 4.16. The molecule has 2 nitrogen and oxygen atoms in total. The third kappa shape index (κ3) is 3.59. The largest absolute Gasteiger partial charge is 0.352 e. The SMILES string of the molecule is CCc1ccccc1C(=O)NCCc1ccc2ccccc2c1. The van der Waals surface area contributed by atoms with E-state index in [9.17, 15) is 4.79 Å². The molecule has 0 unspecified atom stereocenters. The predicted octanol–water partition coefficient (Wildman–Crippen LogP) is 4.37. The molecular weight excluding hydrogens is 282 g/mol. The standard InChI is InChI=1S/C21H21NO/c1-2-17-7-5-6-10-20(17)21(23)22-14-13-16-11-12-18-8-3-4-9-19(18)15-16/h3-12,15H,2,13-14H2,1H3,(H,22,23). The highest BCUT2D eigenvalue weighted by Crippen LogP contribution is 2.16. The summed E-state index contributed by atoms with van der Waals surface area (Å²) in [6.45, 7) is 2.72. The molecule has 0 aliphatic rings. The summed E-state index contributed by atoms with van der Waals surface area (Å²) >= 11 is 0. The van der Waals surface area contributed by atoms with Crippen molar-refractivity contribution < 1.29 is 4.79 Å². The van der Waals surface area contributed by atoms with E-state index in [1.165, 1.54) is 16.3 Å². The van der Waals surface area contributed by atoms with Crippen LogP contribution in [0.25, 0.3) is 10.8 Å². The Labute approximate surface area is 137 Å². The van der Waals surface area contributed by atoms with E-state index in [1.807, 2.05) is 30.3 Å². The molecule has 3 rings (SSSR count). The summed E-state index contributed by atoms with van der Waals surface area (Å²) in [5.41, 5.74) is 3.12. The second-order valence-corrected chi connectivity index (χ2v) is 5.70. The summed E-state index contributed by atoms with van der Waals surface area (Å²) in [4.78, 5) is 12.3. The highest BCUT2D eigenvalue weighted by molar-refractivity contribution is 5.95. The van der Waals surface area contributed by atoms with Gasteiger partial charge in [-0.05, 0) is 40.8 Å². The van der Waals surface area contributed by atoms with Crippen LogP contribution in [0.5, 0.6) is 0 Å².